The second-order valence-corrected chi connectivity index (χ2v) is 7.80. The van der Waals surface area contributed by atoms with Crippen molar-refractivity contribution in [2.45, 2.75) is 37.9 Å². The van der Waals surface area contributed by atoms with Crippen molar-refractivity contribution in [3.05, 3.63) is 35.6 Å². The zero-order chi connectivity index (χ0) is 15.4. The summed E-state index contributed by atoms with van der Waals surface area (Å²) in [6.07, 6.45) is 3.31. The highest BCUT2D eigenvalue weighted by molar-refractivity contribution is 5.23. The molecule has 0 aromatic heterocycles. The number of nitrogens with zero attached hydrogens (tertiary/aromatic N) is 1. The number of methoxy groups -OCH3 is 1. The smallest absolute Gasteiger partial charge is 0.123 e. The normalized spacial score (nSPS) is 40.3. The van der Waals surface area contributed by atoms with Crippen LogP contribution in [0.15, 0.2) is 24.3 Å². The fourth-order valence-electron chi connectivity index (χ4n) is 5.37. The van der Waals surface area contributed by atoms with E-state index in [0.29, 0.717) is 23.8 Å². The molecule has 0 amide bonds. The molecule has 0 radical (unpaired) electrons. The first kappa shape index (κ1) is 14.6. The number of benzene rings is 1. The Kier molecular flexibility index (Phi) is 3.31. The minimum Gasteiger partial charge on any atom is -0.384 e. The summed E-state index contributed by atoms with van der Waals surface area (Å²) < 4.78 is 32.7. The van der Waals surface area contributed by atoms with E-state index in [4.69, 9.17) is 4.74 Å². The summed E-state index contributed by atoms with van der Waals surface area (Å²) in [7, 11) is 1.77. The molecule has 0 N–H and O–H groups in total. The van der Waals surface area contributed by atoms with Gasteiger partial charge in [-0.25, -0.2) is 8.78 Å². The zero-order valence-electron chi connectivity index (χ0n) is 13.0. The van der Waals surface area contributed by atoms with Gasteiger partial charge in [-0.05, 0) is 54.2 Å². The van der Waals surface area contributed by atoms with Gasteiger partial charge < -0.3 is 4.74 Å². The van der Waals surface area contributed by atoms with Crippen LogP contribution in [0.2, 0.25) is 0 Å². The number of hydrogen-bond acceptors (Lipinski definition) is 2. The Bertz CT molecular complexity index is 556. The van der Waals surface area contributed by atoms with Crippen molar-refractivity contribution in [1.29, 1.82) is 0 Å². The summed E-state index contributed by atoms with van der Waals surface area (Å²) in [5.41, 5.74) is 1.70. The van der Waals surface area contributed by atoms with Gasteiger partial charge in [0.2, 0.25) is 0 Å². The van der Waals surface area contributed by atoms with Crippen LogP contribution in [0.25, 0.3) is 0 Å². The van der Waals surface area contributed by atoms with Crippen molar-refractivity contribution in [2.75, 3.05) is 26.8 Å². The highest BCUT2D eigenvalue weighted by Gasteiger charge is 2.67. The van der Waals surface area contributed by atoms with E-state index in [9.17, 15) is 8.78 Å². The van der Waals surface area contributed by atoms with Crippen LogP contribution < -0.4 is 0 Å². The van der Waals surface area contributed by atoms with E-state index in [1.165, 1.54) is 25.3 Å². The minimum absolute atomic E-state index is 0.0260. The van der Waals surface area contributed by atoms with Crippen LogP contribution in [0.5, 0.6) is 0 Å². The number of alkyl halides is 1. The van der Waals surface area contributed by atoms with Crippen LogP contribution in [-0.4, -0.2) is 37.9 Å². The SMILES string of the molecule is COCC12CC(CN3CC(F)CC3c3cccc(F)c3)(C1)C2. The predicted octanol–water partition coefficient (Wildman–Crippen LogP) is 3.73. The zero-order valence-corrected chi connectivity index (χ0v) is 13.0. The third-order valence-corrected chi connectivity index (χ3v) is 5.82. The maximum Gasteiger partial charge on any atom is 0.123 e. The molecule has 1 heterocycles. The van der Waals surface area contributed by atoms with Crippen molar-refractivity contribution in [1.82, 2.24) is 4.90 Å². The molecule has 0 spiro atoms. The molecule has 1 aliphatic heterocycles. The summed E-state index contributed by atoms with van der Waals surface area (Å²) >= 11 is 0. The Morgan fingerprint density at radius 1 is 1.27 bits per heavy atom. The Hall–Kier alpha value is -1.00. The maximum absolute atomic E-state index is 14.0. The first-order valence-electron chi connectivity index (χ1n) is 8.16. The van der Waals surface area contributed by atoms with Gasteiger partial charge in [-0.2, -0.15) is 0 Å². The van der Waals surface area contributed by atoms with Gasteiger partial charge in [0.15, 0.2) is 0 Å². The lowest BCUT2D eigenvalue weighted by molar-refractivity contribution is -0.236. The van der Waals surface area contributed by atoms with Crippen LogP contribution in [0.1, 0.15) is 37.3 Å². The van der Waals surface area contributed by atoms with Crippen LogP contribution in [0.3, 0.4) is 0 Å². The Morgan fingerprint density at radius 3 is 2.73 bits per heavy atom. The second-order valence-electron chi connectivity index (χ2n) is 7.80. The molecule has 3 saturated carbocycles. The lowest BCUT2D eigenvalue weighted by Gasteiger charge is -2.71. The van der Waals surface area contributed by atoms with Gasteiger partial charge in [0.25, 0.3) is 0 Å². The quantitative estimate of drug-likeness (QED) is 0.822. The number of ether oxygens (including phenoxy) is 1. The highest BCUT2D eigenvalue weighted by Crippen LogP contribution is 2.73. The second kappa shape index (κ2) is 5.00. The van der Waals surface area contributed by atoms with Gasteiger partial charge in [0.1, 0.15) is 12.0 Å². The number of halogens is 2. The Labute approximate surface area is 130 Å². The van der Waals surface area contributed by atoms with E-state index < -0.39 is 6.17 Å². The molecule has 1 aromatic carbocycles. The molecule has 1 aromatic rings. The van der Waals surface area contributed by atoms with Crippen LogP contribution in [0, 0.1) is 16.6 Å². The number of rotatable bonds is 5. The summed E-state index contributed by atoms with van der Waals surface area (Å²) in [5, 5.41) is 0. The summed E-state index contributed by atoms with van der Waals surface area (Å²) in [6, 6.07) is 6.68. The number of likely N-dealkylation sites (tertiary alicyclic amines) is 1. The minimum atomic E-state index is -0.798. The van der Waals surface area contributed by atoms with E-state index in [1.54, 1.807) is 19.2 Å². The standard InChI is InChI=1S/C18H23F2NO/c1-22-12-18-8-17(9-18,10-18)11-21-7-15(20)6-16(21)13-3-2-4-14(19)5-13/h2-5,15-16H,6-12H2,1H3. The van der Waals surface area contributed by atoms with Gasteiger partial charge in [0.05, 0.1) is 6.61 Å². The largest absolute Gasteiger partial charge is 0.384 e. The van der Waals surface area contributed by atoms with E-state index in [2.05, 4.69) is 4.90 Å². The van der Waals surface area contributed by atoms with E-state index in [0.717, 1.165) is 18.7 Å². The molecule has 1 saturated heterocycles. The van der Waals surface area contributed by atoms with Crippen molar-refractivity contribution in [3.8, 4) is 0 Å². The van der Waals surface area contributed by atoms with Crippen LogP contribution >= 0.6 is 0 Å². The Morgan fingerprint density at radius 2 is 2.05 bits per heavy atom. The van der Waals surface area contributed by atoms with Gasteiger partial charge in [-0.3, -0.25) is 4.90 Å². The average molecular weight is 307 g/mol. The molecule has 2 unspecified atom stereocenters. The van der Waals surface area contributed by atoms with Crippen molar-refractivity contribution in [3.63, 3.8) is 0 Å². The van der Waals surface area contributed by atoms with E-state index in [1.807, 2.05) is 6.07 Å². The molecule has 4 heteroatoms. The summed E-state index contributed by atoms with van der Waals surface area (Å²) in [6.45, 7) is 2.29. The van der Waals surface area contributed by atoms with Crippen LogP contribution in [0.4, 0.5) is 8.78 Å². The molecule has 4 fully saturated rings. The van der Waals surface area contributed by atoms with E-state index >= 15 is 0 Å². The molecule has 120 valence electrons. The van der Waals surface area contributed by atoms with Gasteiger partial charge in [0, 0.05) is 26.2 Å². The van der Waals surface area contributed by atoms with Crippen molar-refractivity contribution in [2.24, 2.45) is 10.8 Å². The maximum atomic E-state index is 14.0. The van der Waals surface area contributed by atoms with Gasteiger partial charge in [-0.15, -0.1) is 0 Å². The van der Waals surface area contributed by atoms with Crippen molar-refractivity contribution >= 4 is 0 Å². The highest BCUT2D eigenvalue weighted by atomic mass is 19.1. The first-order valence-corrected chi connectivity index (χ1v) is 8.16. The third-order valence-electron chi connectivity index (χ3n) is 5.82. The Balaban J connectivity index is 1.45. The lowest BCUT2D eigenvalue weighted by atomic mass is 9.35. The first-order chi connectivity index (χ1) is 10.5. The summed E-state index contributed by atoms with van der Waals surface area (Å²) in [4.78, 5) is 2.25. The van der Waals surface area contributed by atoms with E-state index in [-0.39, 0.29) is 11.9 Å². The molecule has 2 bridgehead atoms. The predicted molar refractivity (Wildman–Crippen MR) is 80.8 cm³/mol. The molecule has 2 atom stereocenters. The molecular weight excluding hydrogens is 284 g/mol. The monoisotopic (exact) mass is 307 g/mol. The fourth-order valence-corrected chi connectivity index (χ4v) is 5.37. The molecule has 2 nitrogen and oxygen atoms in total. The molecule has 3 aliphatic carbocycles. The van der Waals surface area contributed by atoms with Gasteiger partial charge in [-0.1, -0.05) is 12.1 Å². The molecule has 22 heavy (non-hydrogen) atoms. The molecule has 4 aliphatic rings. The van der Waals surface area contributed by atoms with Crippen molar-refractivity contribution < 1.29 is 13.5 Å². The third kappa shape index (κ3) is 2.28. The lowest BCUT2D eigenvalue weighted by Crippen LogP contribution is -2.67. The average Bonchev–Trinajstić information content (AvgIpc) is 2.76. The molecule has 5 rings (SSSR count). The molecular formula is C18H23F2NO. The van der Waals surface area contributed by atoms with Crippen LogP contribution in [-0.2, 0) is 4.74 Å². The van der Waals surface area contributed by atoms with Gasteiger partial charge >= 0.3 is 0 Å². The fraction of sp³-hybridized carbons (Fsp3) is 0.667. The number of hydrogen-bond donors (Lipinski definition) is 0. The summed E-state index contributed by atoms with van der Waals surface area (Å²) in [5.74, 6) is -0.232. The topological polar surface area (TPSA) is 12.5 Å².